The Bertz CT molecular complexity index is 467. The van der Waals surface area contributed by atoms with E-state index in [2.05, 4.69) is 15.6 Å². The minimum atomic E-state index is -0.547. The molecule has 1 aromatic rings. The van der Waals surface area contributed by atoms with Gasteiger partial charge in [-0.05, 0) is 50.4 Å². The molecule has 1 aliphatic rings. The van der Waals surface area contributed by atoms with Gasteiger partial charge in [-0.25, -0.2) is 0 Å². The van der Waals surface area contributed by atoms with Crippen molar-refractivity contribution in [3.05, 3.63) is 29.6 Å². The van der Waals surface area contributed by atoms with E-state index in [9.17, 15) is 9.59 Å². The first kappa shape index (κ1) is 14.5. The van der Waals surface area contributed by atoms with Crippen LogP contribution in [0.25, 0.3) is 0 Å². The number of nitrogens with two attached hydrogens (primary N) is 1. The summed E-state index contributed by atoms with van der Waals surface area (Å²) in [5.74, 6) is -0.131. The number of pyridine rings is 1. The van der Waals surface area contributed by atoms with Crippen LogP contribution in [0.4, 0.5) is 0 Å². The Balaban J connectivity index is 1.77. The van der Waals surface area contributed by atoms with Crippen LogP contribution in [0.2, 0.25) is 0 Å². The van der Waals surface area contributed by atoms with Crippen molar-refractivity contribution in [3.63, 3.8) is 0 Å². The minimum absolute atomic E-state index is 0.218. The van der Waals surface area contributed by atoms with E-state index in [-0.39, 0.29) is 5.91 Å². The fourth-order valence-corrected chi connectivity index (χ4v) is 2.32. The molecule has 6 nitrogen and oxygen atoms in total. The van der Waals surface area contributed by atoms with Gasteiger partial charge < -0.3 is 16.4 Å². The first-order valence-electron chi connectivity index (χ1n) is 6.91. The molecule has 1 aliphatic heterocycles. The van der Waals surface area contributed by atoms with E-state index in [1.165, 1.54) is 31.2 Å². The maximum atomic E-state index is 11.9. The Morgan fingerprint density at radius 1 is 1.45 bits per heavy atom. The Kier molecular flexibility index (Phi) is 5.06. The molecule has 6 heteroatoms. The number of hydrogen-bond donors (Lipinski definition) is 3. The number of carbonyl (C=O) groups is 2. The highest BCUT2D eigenvalue weighted by atomic mass is 16.2. The van der Waals surface area contributed by atoms with Gasteiger partial charge in [0.2, 0.25) is 5.91 Å². The molecular formula is C14H20N4O2. The summed E-state index contributed by atoms with van der Waals surface area (Å²) in [7, 11) is 0. The normalized spacial score (nSPS) is 18.5. The Labute approximate surface area is 118 Å². The fraction of sp³-hybridized carbons (Fsp3) is 0.500. The number of primary amides is 1. The van der Waals surface area contributed by atoms with E-state index in [0.29, 0.717) is 23.7 Å². The molecule has 0 spiro atoms. The lowest BCUT2D eigenvalue weighted by Gasteiger charge is -2.22. The van der Waals surface area contributed by atoms with Gasteiger partial charge in [-0.3, -0.25) is 14.6 Å². The van der Waals surface area contributed by atoms with Crippen molar-refractivity contribution >= 4 is 11.8 Å². The van der Waals surface area contributed by atoms with Gasteiger partial charge in [0, 0.05) is 12.7 Å². The first-order valence-corrected chi connectivity index (χ1v) is 6.91. The molecule has 1 aromatic heterocycles. The van der Waals surface area contributed by atoms with Gasteiger partial charge in [0.15, 0.2) is 0 Å². The van der Waals surface area contributed by atoms with Crippen LogP contribution in [0.15, 0.2) is 18.3 Å². The lowest BCUT2D eigenvalue weighted by molar-refractivity contribution is 0.0942. The zero-order valence-electron chi connectivity index (χ0n) is 11.4. The number of rotatable bonds is 5. The summed E-state index contributed by atoms with van der Waals surface area (Å²) in [6.07, 6.45) is 4.71. The van der Waals surface area contributed by atoms with Crippen LogP contribution in [-0.2, 0) is 0 Å². The molecule has 2 heterocycles. The quantitative estimate of drug-likeness (QED) is 0.720. The minimum Gasteiger partial charge on any atom is -0.366 e. The number of nitrogens with zero attached hydrogens (tertiary/aromatic N) is 1. The molecule has 2 rings (SSSR count). The van der Waals surface area contributed by atoms with Crippen LogP contribution in [0.5, 0.6) is 0 Å². The Morgan fingerprint density at radius 3 is 2.90 bits per heavy atom. The molecule has 1 fully saturated rings. The maximum absolute atomic E-state index is 11.9. The zero-order chi connectivity index (χ0) is 14.4. The first-order chi connectivity index (χ1) is 9.66. The molecule has 0 saturated carbocycles. The zero-order valence-corrected chi connectivity index (χ0v) is 11.4. The molecule has 4 N–H and O–H groups in total. The van der Waals surface area contributed by atoms with Crippen molar-refractivity contribution in [2.24, 2.45) is 11.7 Å². The molecule has 2 amide bonds. The highest BCUT2D eigenvalue weighted by Crippen LogP contribution is 2.12. The number of carbonyl (C=O) groups excluding carboxylic acids is 2. The van der Waals surface area contributed by atoms with Crippen LogP contribution in [0.1, 0.15) is 40.1 Å². The van der Waals surface area contributed by atoms with Gasteiger partial charge >= 0.3 is 0 Å². The van der Waals surface area contributed by atoms with E-state index >= 15 is 0 Å². The number of aromatic nitrogens is 1. The molecule has 1 atom stereocenters. The predicted molar refractivity (Wildman–Crippen MR) is 75.3 cm³/mol. The number of hydrogen-bond acceptors (Lipinski definition) is 4. The Hall–Kier alpha value is -1.95. The van der Waals surface area contributed by atoms with Gasteiger partial charge in [0.25, 0.3) is 5.91 Å². The summed E-state index contributed by atoms with van der Waals surface area (Å²) in [6.45, 7) is 2.77. The third kappa shape index (κ3) is 4.03. The van der Waals surface area contributed by atoms with Gasteiger partial charge in [0.05, 0.1) is 5.56 Å². The highest BCUT2D eigenvalue weighted by Gasteiger charge is 2.13. The summed E-state index contributed by atoms with van der Waals surface area (Å²) < 4.78 is 0. The second-order valence-corrected chi connectivity index (χ2v) is 5.05. The van der Waals surface area contributed by atoms with E-state index < -0.39 is 5.91 Å². The standard InChI is InChI=1S/C14H20N4O2/c15-13(19)11-3-4-12(18-9-11)14(20)17-7-5-10-2-1-6-16-8-10/h3-4,9-10,16H,1-2,5-8H2,(H2,15,19)(H,17,20). The van der Waals surface area contributed by atoms with E-state index in [4.69, 9.17) is 5.73 Å². The van der Waals surface area contributed by atoms with Gasteiger partial charge in [0.1, 0.15) is 5.69 Å². The summed E-state index contributed by atoms with van der Waals surface area (Å²) in [4.78, 5) is 26.7. The van der Waals surface area contributed by atoms with Crippen LogP contribution < -0.4 is 16.4 Å². The smallest absolute Gasteiger partial charge is 0.269 e. The van der Waals surface area contributed by atoms with Crippen molar-refractivity contribution in [1.82, 2.24) is 15.6 Å². The topological polar surface area (TPSA) is 97.1 Å². The molecular weight excluding hydrogens is 256 g/mol. The average Bonchev–Trinajstić information content (AvgIpc) is 2.48. The summed E-state index contributed by atoms with van der Waals surface area (Å²) >= 11 is 0. The SMILES string of the molecule is NC(=O)c1ccc(C(=O)NCCC2CCCNC2)nc1. The molecule has 0 aromatic carbocycles. The molecule has 1 unspecified atom stereocenters. The number of nitrogens with one attached hydrogen (secondary N) is 2. The number of piperidine rings is 1. The summed E-state index contributed by atoms with van der Waals surface area (Å²) in [5, 5.41) is 6.20. The van der Waals surface area contributed by atoms with E-state index in [1.54, 1.807) is 0 Å². The fourth-order valence-electron chi connectivity index (χ4n) is 2.32. The Morgan fingerprint density at radius 2 is 2.30 bits per heavy atom. The van der Waals surface area contributed by atoms with Gasteiger partial charge in [-0.15, -0.1) is 0 Å². The van der Waals surface area contributed by atoms with Crippen molar-refractivity contribution in [2.75, 3.05) is 19.6 Å². The van der Waals surface area contributed by atoms with Crippen molar-refractivity contribution in [3.8, 4) is 0 Å². The highest BCUT2D eigenvalue weighted by molar-refractivity contribution is 5.95. The molecule has 0 bridgehead atoms. The lowest BCUT2D eigenvalue weighted by atomic mass is 9.96. The lowest BCUT2D eigenvalue weighted by Crippen LogP contribution is -2.33. The largest absolute Gasteiger partial charge is 0.366 e. The monoisotopic (exact) mass is 276 g/mol. The molecule has 0 aliphatic carbocycles. The summed E-state index contributed by atoms with van der Waals surface area (Å²) in [5.41, 5.74) is 5.72. The van der Waals surface area contributed by atoms with E-state index in [1.807, 2.05) is 0 Å². The van der Waals surface area contributed by atoms with Crippen molar-refractivity contribution in [1.29, 1.82) is 0 Å². The van der Waals surface area contributed by atoms with Crippen molar-refractivity contribution in [2.45, 2.75) is 19.3 Å². The van der Waals surface area contributed by atoms with Crippen LogP contribution in [0.3, 0.4) is 0 Å². The van der Waals surface area contributed by atoms with Crippen LogP contribution in [0, 0.1) is 5.92 Å². The van der Waals surface area contributed by atoms with Crippen molar-refractivity contribution < 1.29 is 9.59 Å². The molecule has 0 radical (unpaired) electrons. The van der Waals surface area contributed by atoms with Crippen LogP contribution in [-0.4, -0.2) is 36.4 Å². The third-order valence-corrected chi connectivity index (χ3v) is 3.52. The second-order valence-electron chi connectivity index (χ2n) is 5.05. The van der Waals surface area contributed by atoms with Gasteiger partial charge in [-0.1, -0.05) is 0 Å². The summed E-state index contributed by atoms with van der Waals surface area (Å²) in [6, 6.07) is 3.02. The van der Waals surface area contributed by atoms with E-state index in [0.717, 1.165) is 19.5 Å². The van der Waals surface area contributed by atoms with Gasteiger partial charge in [-0.2, -0.15) is 0 Å². The number of amides is 2. The second kappa shape index (κ2) is 7.00. The third-order valence-electron chi connectivity index (χ3n) is 3.52. The maximum Gasteiger partial charge on any atom is 0.269 e. The molecule has 20 heavy (non-hydrogen) atoms. The predicted octanol–water partition coefficient (Wildman–Crippen LogP) is 0.300. The molecule has 1 saturated heterocycles. The van der Waals surface area contributed by atoms with Crippen LogP contribution >= 0.6 is 0 Å². The molecule has 108 valence electrons. The average molecular weight is 276 g/mol.